The average Bonchev–Trinajstić information content (AvgIpc) is 3.76. The van der Waals surface area contributed by atoms with Crippen molar-refractivity contribution in [3.63, 3.8) is 0 Å². The highest BCUT2D eigenvalue weighted by Gasteiger charge is 2.17. The van der Waals surface area contributed by atoms with Gasteiger partial charge in [-0.05, 0) is 105 Å². The number of aromatic nitrogens is 2. The minimum atomic E-state index is 0.863. The van der Waals surface area contributed by atoms with Crippen LogP contribution in [0, 0.1) is 0 Å². The predicted octanol–water partition coefficient (Wildman–Crippen LogP) is 13.4. The van der Waals surface area contributed by atoms with Crippen LogP contribution in [0.4, 0.5) is 0 Å². The minimum Gasteiger partial charge on any atom is -0.309 e. The molecule has 0 bridgehead atoms. The molecule has 0 N–H and O–H groups in total. The van der Waals surface area contributed by atoms with Crippen molar-refractivity contribution in [2.75, 3.05) is 0 Å². The second kappa shape index (κ2) is 12.4. The molecule has 9 aromatic carbocycles. The van der Waals surface area contributed by atoms with E-state index in [-0.39, 0.29) is 0 Å². The summed E-state index contributed by atoms with van der Waals surface area (Å²) in [5, 5.41) is 10.5. The first kappa shape index (κ1) is 30.7. The fourth-order valence-corrected chi connectivity index (χ4v) is 9.03. The molecule has 254 valence electrons. The van der Waals surface area contributed by atoms with E-state index < -0.39 is 0 Å². The van der Waals surface area contributed by atoms with Crippen molar-refractivity contribution in [2.45, 2.75) is 12.8 Å². The van der Waals surface area contributed by atoms with Crippen LogP contribution >= 0.6 is 0 Å². The van der Waals surface area contributed by atoms with Gasteiger partial charge in [0.25, 0.3) is 0 Å². The van der Waals surface area contributed by atoms with Crippen molar-refractivity contribution in [3.8, 4) is 11.4 Å². The van der Waals surface area contributed by atoms with Gasteiger partial charge >= 0.3 is 0 Å². The molecule has 2 heteroatoms. The van der Waals surface area contributed by atoms with Crippen molar-refractivity contribution >= 4 is 65.2 Å². The average molecular weight is 689 g/mol. The lowest BCUT2D eigenvalue weighted by Gasteiger charge is -2.18. The van der Waals surface area contributed by atoms with Gasteiger partial charge in [-0.3, -0.25) is 0 Å². The molecule has 0 aliphatic rings. The van der Waals surface area contributed by atoms with Crippen LogP contribution in [0.1, 0.15) is 22.3 Å². The molecule has 0 aliphatic carbocycles. The molecule has 0 amide bonds. The van der Waals surface area contributed by atoms with Crippen LogP contribution in [0.2, 0.25) is 0 Å². The summed E-state index contributed by atoms with van der Waals surface area (Å²) in [6.07, 6.45) is 1.73. The molecular formula is C52H36N2. The lowest BCUT2D eigenvalue weighted by Crippen LogP contribution is -1.99. The second-order valence-corrected chi connectivity index (χ2v) is 14.5. The topological polar surface area (TPSA) is 9.86 Å². The third-order valence-corrected chi connectivity index (χ3v) is 11.5. The van der Waals surface area contributed by atoms with E-state index in [4.69, 9.17) is 0 Å². The summed E-state index contributed by atoms with van der Waals surface area (Å²) >= 11 is 0. The Hall–Kier alpha value is -6.90. The minimum absolute atomic E-state index is 0.863. The Bertz CT molecular complexity index is 2810. The number of hydrogen-bond donors (Lipinski definition) is 0. The number of para-hydroxylation sites is 4. The van der Waals surface area contributed by atoms with Gasteiger partial charge in [-0.1, -0.05) is 146 Å². The summed E-state index contributed by atoms with van der Waals surface area (Å²) in [7, 11) is 0. The van der Waals surface area contributed by atoms with E-state index in [0.717, 1.165) is 12.8 Å². The third kappa shape index (κ3) is 4.81. The van der Waals surface area contributed by atoms with Gasteiger partial charge in [-0.2, -0.15) is 0 Å². The van der Waals surface area contributed by atoms with Crippen molar-refractivity contribution < 1.29 is 0 Å². The van der Waals surface area contributed by atoms with Crippen LogP contribution in [0.5, 0.6) is 0 Å². The lowest BCUT2D eigenvalue weighted by molar-refractivity contribution is 1.15. The first-order valence-corrected chi connectivity index (χ1v) is 18.9. The molecule has 54 heavy (non-hydrogen) atoms. The number of hydrogen-bond acceptors (Lipinski definition) is 0. The molecule has 11 aromatic rings. The van der Waals surface area contributed by atoms with Gasteiger partial charge in [0.2, 0.25) is 0 Å². The maximum Gasteiger partial charge on any atom is 0.0541 e. The zero-order chi connectivity index (χ0) is 35.6. The largest absolute Gasteiger partial charge is 0.309 e. The van der Waals surface area contributed by atoms with Gasteiger partial charge in [0, 0.05) is 32.9 Å². The van der Waals surface area contributed by atoms with E-state index in [9.17, 15) is 0 Å². The summed E-state index contributed by atoms with van der Waals surface area (Å²) in [5.74, 6) is 0. The van der Waals surface area contributed by atoms with Crippen molar-refractivity contribution in [3.05, 3.63) is 216 Å². The van der Waals surface area contributed by atoms with Crippen LogP contribution in [0.15, 0.2) is 194 Å². The molecule has 0 unspecified atom stereocenters. The maximum atomic E-state index is 2.39. The van der Waals surface area contributed by atoms with Crippen LogP contribution < -0.4 is 0 Å². The molecular weight excluding hydrogens is 653 g/mol. The Morgan fingerprint density at radius 2 is 0.481 bits per heavy atom. The highest BCUT2D eigenvalue weighted by atomic mass is 15.0. The molecule has 0 atom stereocenters. The monoisotopic (exact) mass is 688 g/mol. The van der Waals surface area contributed by atoms with E-state index in [1.807, 2.05) is 0 Å². The Morgan fingerprint density at radius 1 is 0.241 bits per heavy atom. The standard InChI is InChI=1S/C52H36N2/c1-2-14-40-39(13-1)47(33-35-25-29-37(30-26-35)53-49-21-9-5-17-43(49)44-18-6-10-22-50(44)53)41-15-3-4-16-42(41)48(40)34-36-27-31-38(32-28-36)54-51-23-11-7-19-45(51)46-20-8-12-24-52(46)54/h1-32H,33-34H2. The lowest BCUT2D eigenvalue weighted by atomic mass is 9.86. The first-order valence-electron chi connectivity index (χ1n) is 18.9. The molecule has 2 aromatic heterocycles. The van der Waals surface area contributed by atoms with Crippen LogP contribution in [-0.4, -0.2) is 9.13 Å². The highest BCUT2D eigenvalue weighted by molar-refractivity contribution is 6.10. The zero-order valence-electron chi connectivity index (χ0n) is 29.8. The molecule has 2 heterocycles. The summed E-state index contributed by atoms with van der Waals surface area (Å²) in [6.45, 7) is 0. The van der Waals surface area contributed by atoms with Crippen molar-refractivity contribution in [2.24, 2.45) is 0 Å². The summed E-state index contributed by atoms with van der Waals surface area (Å²) in [4.78, 5) is 0. The second-order valence-electron chi connectivity index (χ2n) is 14.5. The normalized spacial score (nSPS) is 11.9. The number of nitrogens with zero attached hydrogens (tertiary/aromatic N) is 2. The summed E-state index contributed by atoms with van der Waals surface area (Å²) in [5.41, 5.74) is 12.7. The molecule has 0 saturated heterocycles. The summed E-state index contributed by atoms with van der Waals surface area (Å²) in [6, 6.07) is 71.3. The molecule has 0 radical (unpaired) electrons. The van der Waals surface area contributed by atoms with Crippen LogP contribution in [0.3, 0.4) is 0 Å². The number of benzene rings is 9. The fraction of sp³-hybridized carbons (Fsp3) is 0.0385. The fourth-order valence-electron chi connectivity index (χ4n) is 9.03. The quantitative estimate of drug-likeness (QED) is 0.154. The molecule has 11 rings (SSSR count). The summed E-state index contributed by atoms with van der Waals surface area (Å²) < 4.78 is 4.78. The van der Waals surface area contributed by atoms with Crippen molar-refractivity contribution in [1.82, 2.24) is 9.13 Å². The van der Waals surface area contributed by atoms with Gasteiger partial charge in [-0.25, -0.2) is 0 Å². The molecule has 0 fully saturated rings. The van der Waals surface area contributed by atoms with Crippen LogP contribution in [0.25, 0.3) is 76.5 Å². The Morgan fingerprint density at radius 3 is 0.759 bits per heavy atom. The smallest absolute Gasteiger partial charge is 0.0541 e. The third-order valence-electron chi connectivity index (χ3n) is 11.5. The highest BCUT2D eigenvalue weighted by Crippen LogP contribution is 2.37. The number of rotatable bonds is 6. The Balaban J connectivity index is 0.967. The molecule has 0 spiro atoms. The van der Waals surface area contributed by atoms with Gasteiger partial charge in [0.1, 0.15) is 0 Å². The maximum absolute atomic E-state index is 2.39. The first-order chi connectivity index (χ1) is 26.8. The van der Waals surface area contributed by atoms with Gasteiger partial charge in [0.05, 0.1) is 22.1 Å². The predicted molar refractivity (Wildman–Crippen MR) is 229 cm³/mol. The number of fused-ring (bicyclic) bond motifs is 8. The van der Waals surface area contributed by atoms with Crippen molar-refractivity contribution in [1.29, 1.82) is 0 Å². The zero-order valence-corrected chi connectivity index (χ0v) is 29.8. The van der Waals surface area contributed by atoms with Gasteiger partial charge < -0.3 is 9.13 Å². The van der Waals surface area contributed by atoms with E-state index in [0.29, 0.717) is 0 Å². The van der Waals surface area contributed by atoms with Gasteiger partial charge in [0.15, 0.2) is 0 Å². The van der Waals surface area contributed by atoms with E-state index in [1.165, 1.54) is 98.8 Å². The Kier molecular flexibility index (Phi) is 7.03. The molecule has 0 saturated carbocycles. The van der Waals surface area contributed by atoms with E-state index >= 15 is 0 Å². The SMILES string of the molecule is c1ccc2c(Cc3ccc(-n4c5ccccc5c5ccccc54)cc3)c3ccccc3c(Cc3ccc(-n4c5ccccc5c5ccccc54)cc3)c2c1. The van der Waals surface area contributed by atoms with E-state index in [1.54, 1.807) is 0 Å². The van der Waals surface area contributed by atoms with Gasteiger partial charge in [-0.15, -0.1) is 0 Å². The molecule has 2 nitrogen and oxygen atoms in total. The Labute approximate surface area is 313 Å². The van der Waals surface area contributed by atoms with Crippen LogP contribution in [-0.2, 0) is 12.8 Å². The molecule has 0 aliphatic heterocycles. The van der Waals surface area contributed by atoms with E-state index in [2.05, 4.69) is 203 Å².